The molecule has 0 nitrogen and oxygen atoms in total. The van der Waals surface area contributed by atoms with Gasteiger partial charge >= 0.3 is 0 Å². The maximum atomic E-state index is 4.32. The quantitative estimate of drug-likeness (QED) is 0.385. The molecule has 0 aliphatic heterocycles. The molecule has 0 aromatic heterocycles. The average molecular weight is 120 g/mol. The Hall–Kier alpha value is 0.567. The van der Waals surface area contributed by atoms with Crippen molar-refractivity contribution >= 4 is 22.1 Å². The fourth-order valence-corrected chi connectivity index (χ4v) is 0. The number of thiol groups is 1. The second-order valence-corrected chi connectivity index (χ2v) is 6.45. The molecule has 0 spiro atoms. The van der Waals surface area contributed by atoms with Crippen LogP contribution in [0.25, 0.3) is 0 Å². The molecular weight excluding hydrogens is 108 g/mol. The van der Waals surface area contributed by atoms with Crippen molar-refractivity contribution in [1.29, 1.82) is 0 Å². The largest absolute Gasteiger partial charge is 0.177 e. The van der Waals surface area contributed by atoms with Gasteiger partial charge in [0.1, 0.15) is 0 Å². The van der Waals surface area contributed by atoms with Crippen LogP contribution in [0.4, 0.5) is 0 Å². The van der Waals surface area contributed by atoms with Gasteiger partial charge in [0.05, 0.1) is 0 Å². The van der Waals surface area contributed by atoms with Crippen LogP contribution in [0.2, 0.25) is 6.55 Å². The highest BCUT2D eigenvalue weighted by molar-refractivity contribution is 7.83. The Kier molecular flexibility index (Phi) is 2.22. The highest BCUT2D eigenvalue weighted by Crippen LogP contribution is 2.07. The first-order chi connectivity index (χ1) is 2.56. The Bertz CT molecular complexity index is 37.3. The van der Waals surface area contributed by atoms with Gasteiger partial charge in [-0.1, -0.05) is 20.4 Å². The predicted octanol–water partition coefficient (Wildman–Crippen LogP) is 0.869. The summed E-state index contributed by atoms with van der Waals surface area (Å²) in [5.74, 6) is 0. The van der Waals surface area contributed by atoms with Crippen LogP contribution in [-0.2, 0) is 0 Å². The van der Waals surface area contributed by atoms with E-state index >= 15 is 0 Å². The van der Waals surface area contributed by atoms with E-state index in [1.165, 1.54) is 0 Å². The summed E-state index contributed by atoms with van der Waals surface area (Å²) in [4.78, 5) is 0. The Morgan fingerprint density at radius 2 is 1.67 bits per heavy atom. The van der Waals surface area contributed by atoms with Crippen LogP contribution in [0.15, 0.2) is 0 Å². The van der Waals surface area contributed by atoms with E-state index in [0.29, 0.717) is 4.37 Å². The van der Waals surface area contributed by atoms with Gasteiger partial charge in [-0.25, -0.2) is 0 Å². The molecule has 0 fully saturated rings. The van der Waals surface area contributed by atoms with Crippen LogP contribution in [0.5, 0.6) is 0 Å². The summed E-state index contributed by atoms with van der Waals surface area (Å²) in [7, 11) is 0.117. The summed E-state index contributed by atoms with van der Waals surface area (Å²) >= 11 is 4.32. The molecule has 0 saturated heterocycles. The van der Waals surface area contributed by atoms with Crippen LogP contribution in [0, 0.1) is 0 Å². The average Bonchev–Trinajstić information content (AvgIpc) is 1.35. The van der Waals surface area contributed by atoms with Gasteiger partial charge in [-0.2, -0.15) is 12.6 Å². The standard InChI is InChI=1S/C4H12SSi/c1-4(2,5)6-3/h5H,6H2,1-3H3. The SMILES string of the molecule is C[SiH2]C(C)(C)S. The molecule has 0 aliphatic rings. The Morgan fingerprint density at radius 3 is 1.67 bits per heavy atom. The van der Waals surface area contributed by atoms with Gasteiger partial charge in [0.25, 0.3) is 0 Å². The first-order valence-electron chi connectivity index (χ1n) is 2.28. The summed E-state index contributed by atoms with van der Waals surface area (Å²) in [5.41, 5.74) is 0. The summed E-state index contributed by atoms with van der Waals surface area (Å²) in [6, 6.07) is 0. The molecule has 0 atom stereocenters. The van der Waals surface area contributed by atoms with E-state index in [0.717, 1.165) is 0 Å². The Labute approximate surface area is 47.6 Å². The molecule has 0 amide bonds. The van der Waals surface area contributed by atoms with Crippen molar-refractivity contribution in [2.24, 2.45) is 0 Å². The molecule has 2 heteroatoms. The first-order valence-corrected chi connectivity index (χ1v) is 4.85. The molecule has 0 unspecified atom stereocenters. The molecule has 0 heterocycles. The first kappa shape index (κ1) is 6.57. The van der Waals surface area contributed by atoms with E-state index in [1.54, 1.807) is 0 Å². The molecule has 0 N–H and O–H groups in total. The van der Waals surface area contributed by atoms with Crippen molar-refractivity contribution in [2.45, 2.75) is 24.8 Å². The highest BCUT2D eigenvalue weighted by Gasteiger charge is 2.05. The Morgan fingerprint density at radius 1 is 1.50 bits per heavy atom. The molecule has 0 aliphatic carbocycles. The third-order valence-corrected chi connectivity index (χ3v) is 3.54. The maximum Gasteiger partial charge on any atom is 0.0354 e. The number of hydrogen-bond donors (Lipinski definition) is 1. The normalized spacial score (nSPS) is 14.0. The molecular formula is C4H12SSi. The number of hydrogen-bond acceptors (Lipinski definition) is 1. The molecule has 0 aromatic rings. The predicted molar refractivity (Wildman–Crippen MR) is 37.5 cm³/mol. The summed E-state index contributed by atoms with van der Waals surface area (Å²) in [5, 5.41) is 0. The minimum absolute atomic E-state index is 0.117. The van der Waals surface area contributed by atoms with Crippen molar-refractivity contribution in [1.82, 2.24) is 0 Å². The monoisotopic (exact) mass is 120 g/mol. The molecule has 0 aromatic carbocycles. The third-order valence-electron chi connectivity index (χ3n) is 0.865. The molecule has 0 saturated carbocycles. The smallest absolute Gasteiger partial charge is 0.0354 e. The van der Waals surface area contributed by atoms with Crippen LogP contribution >= 0.6 is 12.6 Å². The third kappa shape index (κ3) is 4.57. The minimum atomic E-state index is 0.117. The zero-order valence-electron chi connectivity index (χ0n) is 4.65. The van der Waals surface area contributed by atoms with Gasteiger partial charge in [-0.05, 0) is 4.37 Å². The number of rotatable bonds is 1. The summed E-state index contributed by atoms with van der Waals surface area (Å²) in [6.45, 7) is 6.61. The highest BCUT2D eigenvalue weighted by atomic mass is 32.1. The van der Waals surface area contributed by atoms with Crippen molar-refractivity contribution in [3.8, 4) is 0 Å². The van der Waals surface area contributed by atoms with E-state index in [2.05, 4.69) is 33.0 Å². The van der Waals surface area contributed by atoms with E-state index in [4.69, 9.17) is 0 Å². The fourth-order valence-electron chi connectivity index (χ4n) is 0. The molecule has 38 valence electrons. The van der Waals surface area contributed by atoms with Gasteiger partial charge in [-0.3, -0.25) is 0 Å². The van der Waals surface area contributed by atoms with Gasteiger partial charge in [0.15, 0.2) is 0 Å². The van der Waals surface area contributed by atoms with Crippen molar-refractivity contribution in [3.63, 3.8) is 0 Å². The fraction of sp³-hybridized carbons (Fsp3) is 1.00. The lowest BCUT2D eigenvalue weighted by atomic mass is 10.5. The molecule has 0 rings (SSSR count). The van der Waals surface area contributed by atoms with Crippen molar-refractivity contribution in [2.75, 3.05) is 0 Å². The van der Waals surface area contributed by atoms with Gasteiger partial charge in [0.2, 0.25) is 0 Å². The molecule has 6 heavy (non-hydrogen) atoms. The van der Waals surface area contributed by atoms with E-state index in [1.807, 2.05) is 0 Å². The molecule has 0 bridgehead atoms. The topological polar surface area (TPSA) is 0 Å². The zero-order valence-corrected chi connectivity index (χ0v) is 6.96. The molecule has 0 radical (unpaired) electrons. The van der Waals surface area contributed by atoms with E-state index in [-0.39, 0.29) is 9.52 Å². The van der Waals surface area contributed by atoms with Gasteiger partial charge in [0, 0.05) is 9.52 Å². The van der Waals surface area contributed by atoms with Crippen LogP contribution in [0.1, 0.15) is 13.8 Å². The second-order valence-electron chi connectivity index (χ2n) is 2.17. The minimum Gasteiger partial charge on any atom is -0.177 e. The summed E-state index contributed by atoms with van der Waals surface area (Å²) in [6.07, 6.45) is 0. The lowest BCUT2D eigenvalue weighted by Crippen LogP contribution is -2.16. The second kappa shape index (κ2) is 2.03. The maximum absolute atomic E-state index is 4.32. The van der Waals surface area contributed by atoms with Crippen LogP contribution < -0.4 is 0 Å². The van der Waals surface area contributed by atoms with E-state index < -0.39 is 0 Å². The van der Waals surface area contributed by atoms with Crippen LogP contribution in [0.3, 0.4) is 0 Å². The van der Waals surface area contributed by atoms with E-state index in [9.17, 15) is 0 Å². The Balaban J connectivity index is 3.17. The zero-order chi connectivity index (χ0) is 5.21. The van der Waals surface area contributed by atoms with Crippen molar-refractivity contribution < 1.29 is 0 Å². The summed E-state index contributed by atoms with van der Waals surface area (Å²) < 4.78 is 0.375. The van der Waals surface area contributed by atoms with Crippen molar-refractivity contribution in [3.05, 3.63) is 0 Å². The van der Waals surface area contributed by atoms with Crippen LogP contribution in [-0.4, -0.2) is 13.9 Å². The van der Waals surface area contributed by atoms with Gasteiger partial charge in [-0.15, -0.1) is 0 Å². The van der Waals surface area contributed by atoms with Gasteiger partial charge < -0.3 is 0 Å². The lowest BCUT2D eigenvalue weighted by molar-refractivity contribution is 1.01. The lowest BCUT2D eigenvalue weighted by Gasteiger charge is -2.10.